The first kappa shape index (κ1) is 13.5. The molecule has 1 amide bonds. The first-order chi connectivity index (χ1) is 8.17. The second-order valence-corrected chi connectivity index (χ2v) is 3.50. The highest BCUT2D eigenvalue weighted by molar-refractivity contribution is 6.31. The minimum Gasteiger partial charge on any atom is -0.449 e. The van der Waals surface area contributed by atoms with E-state index in [1.165, 1.54) is 0 Å². The van der Waals surface area contributed by atoms with E-state index in [9.17, 15) is 4.79 Å². The minimum absolute atomic E-state index is 0.257. The summed E-state index contributed by atoms with van der Waals surface area (Å²) in [4.78, 5) is 11.0. The summed E-state index contributed by atoms with van der Waals surface area (Å²) in [6.45, 7) is 1.63. The standard InChI is InChI=1S/C11H13ClN2O3/c1-2-17-11(16)14-13-10(7-15)8-4-3-5-9(12)6-8/h3-6,15H,2,7H2,1H3,(H,14,16). The summed E-state index contributed by atoms with van der Waals surface area (Å²) in [6.07, 6.45) is -0.666. The van der Waals surface area contributed by atoms with E-state index in [1.807, 2.05) is 0 Å². The van der Waals surface area contributed by atoms with Gasteiger partial charge in [0.25, 0.3) is 0 Å². The van der Waals surface area contributed by atoms with Crippen molar-refractivity contribution in [2.24, 2.45) is 5.10 Å². The number of hydrazone groups is 1. The molecule has 92 valence electrons. The Hall–Kier alpha value is -1.59. The average Bonchev–Trinajstić information content (AvgIpc) is 2.30. The van der Waals surface area contributed by atoms with Gasteiger partial charge in [-0.25, -0.2) is 10.2 Å². The van der Waals surface area contributed by atoms with Crippen LogP contribution < -0.4 is 5.43 Å². The molecule has 0 aliphatic heterocycles. The number of ether oxygens (including phenoxy) is 1. The first-order valence-electron chi connectivity index (χ1n) is 5.03. The van der Waals surface area contributed by atoms with E-state index >= 15 is 0 Å². The highest BCUT2D eigenvalue weighted by Gasteiger charge is 2.04. The second kappa shape index (κ2) is 6.88. The fourth-order valence-electron chi connectivity index (χ4n) is 1.14. The van der Waals surface area contributed by atoms with Gasteiger partial charge in [0.1, 0.15) is 0 Å². The van der Waals surface area contributed by atoms with Crippen molar-refractivity contribution < 1.29 is 14.6 Å². The van der Waals surface area contributed by atoms with Crippen LogP contribution in [0.1, 0.15) is 12.5 Å². The lowest BCUT2D eigenvalue weighted by atomic mass is 10.1. The predicted molar refractivity (Wildman–Crippen MR) is 65.2 cm³/mol. The molecule has 0 aliphatic carbocycles. The lowest BCUT2D eigenvalue weighted by molar-refractivity contribution is 0.152. The topological polar surface area (TPSA) is 70.9 Å². The molecule has 0 radical (unpaired) electrons. The Kier molecular flexibility index (Phi) is 5.45. The Morgan fingerprint density at radius 3 is 2.94 bits per heavy atom. The zero-order valence-corrected chi connectivity index (χ0v) is 10.1. The number of hydrogen-bond acceptors (Lipinski definition) is 4. The number of hydrogen-bond donors (Lipinski definition) is 2. The largest absolute Gasteiger partial charge is 0.449 e. The SMILES string of the molecule is CCOC(=O)NN=C(CO)c1cccc(Cl)c1. The number of aliphatic hydroxyl groups excluding tert-OH is 1. The molecule has 0 spiro atoms. The number of carbonyl (C=O) groups is 1. The molecule has 5 nitrogen and oxygen atoms in total. The molecule has 6 heteroatoms. The van der Waals surface area contributed by atoms with Crippen molar-refractivity contribution in [3.8, 4) is 0 Å². The summed E-state index contributed by atoms with van der Waals surface area (Å²) in [5, 5.41) is 13.4. The van der Waals surface area contributed by atoms with Gasteiger partial charge in [-0.15, -0.1) is 0 Å². The third-order valence-electron chi connectivity index (χ3n) is 1.87. The van der Waals surface area contributed by atoms with Crippen molar-refractivity contribution in [3.05, 3.63) is 34.9 Å². The number of aliphatic hydroxyl groups is 1. The van der Waals surface area contributed by atoms with Crippen molar-refractivity contribution in [1.82, 2.24) is 5.43 Å². The third-order valence-corrected chi connectivity index (χ3v) is 2.10. The predicted octanol–water partition coefficient (Wildman–Crippen LogP) is 1.78. The summed E-state index contributed by atoms with van der Waals surface area (Å²) < 4.78 is 4.63. The van der Waals surface area contributed by atoms with Crippen LogP contribution in [0.5, 0.6) is 0 Å². The maximum Gasteiger partial charge on any atom is 0.427 e. The average molecular weight is 257 g/mol. The number of nitrogens with one attached hydrogen (secondary N) is 1. The normalized spacial score (nSPS) is 11.1. The van der Waals surface area contributed by atoms with Gasteiger partial charge in [0, 0.05) is 10.6 Å². The summed E-state index contributed by atoms with van der Waals surface area (Å²) in [7, 11) is 0. The Balaban J connectivity index is 2.77. The van der Waals surface area contributed by atoms with Crippen LogP contribution in [0.4, 0.5) is 4.79 Å². The summed E-state index contributed by atoms with van der Waals surface area (Å²) >= 11 is 5.81. The molecule has 0 fully saturated rings. The molecule has 0 saturated carbocycles. The van der Waals surface area contributed by atoms with E-state index in [4.69, 9.17) is 16.7 Å². The Labute approximate surface area is 104 Å². The lowest BCUT2D eigenvalue weighted by Crippen LogP contribution is -2.22. The highest BCUT2D eigenvalue weighted by Crippen LogP contribution is 2.11. The molecule has 0 aromatic heterocycles. The molecule has 0 saturated heterocycles. The molecule has 17 heavy (non-hydrogen) atoms. The van der Waals surface area contributed by atoms with Gasteiger partial charge in [0.15, 0.2) is 0 Å². The van der Waals surface area contributed by atoms with Gasteiger partial charge in [-0.3, -0.25) is 0 Å². The van der Waals surface area contributed by atoms with Crippen LogP contribution in [0.25, 0.3) is 0 Å². The molecular formula is C11H13ClN2O3. The first-order valence-corrected chi connectivity index (χ1v) is 5.41. The number of nitrogens with zero attached hydrogens (tertiary/aromatic N) is 1. The van der Waals surface area contributed by atoms with Crippen molar-refractivity contribution >= 4 is 23.4 Å². The fraction of sp³-hybridized carbons (Fsp3) is 0.273. The van der Waals surface area contributed by atoms with Crippen LogP contribution in [-0.2, 0) is 4.74 Å². The number of amides is 1. The van der Waals surface area contributed by atoms with E-state index in [-0.39, 0.29) is 13.2 Å². The molecule has 0 unspecified atom stereocenters. The molecule has 1 aromatic rings. The van der Waals surface area contributed by atoms with E-state index in [2.05, 4.69) is 15.3 Å². The molecule has 0 bridgehead atoms. The van der Waals surface area contributed by atoms with Gasteiger partial charge >= 0.3 is 6.09 Å². The maximum absolute atomic E-state index is 11.0. The highest BCUT2D eigenvalue weighted by atomic mass is 35.5. The molecule has 2 N–H and O–H groups in total. The number of benzene rings is 1. The number of halogens is 1. The van der Waals surface area contributed by atoms with E-state index in [0.717, 1.165) is 0 Å². The lowest BCUT2D eigenvalue weighted by Gasteiger charge is -2.05. The maximum atomic E-state index is 11.0. The molecule has 0 heterocycles. The third kappa shape index (κ3) is 4.42. The monoisotopic (exact) mass is 256 g/mol. The second-order valence-electron chi connectivity index (χ2n) is 3.06. The summed E-state index contributed by atoms with van der Waals surface area (Å²) in [6, 6.07) is 6.81. The quantitative estimate of drug-likeness (QED) is 0.637. The van der Waals surface area contributed by atoms with Crippen LogP contribution in [0.3, 0.4) is 0 Å². The van der Waals surface area contributed by atoms with Crippen molar-refractivity contribution in [3.63, 3.8) is 0 Å². The minimum atomic E-state index is -0.666. The summed E-state index contributed by atoms with van der Waals surface area (Å²) in [5.41, 5.74) is 3.12. The number of carbonyl (C=O) groups excluding carboxylic acids is 1. The van der Waals surface area contributed by atoms with Crippen LogP contribution in [0.15, 0.2) is 29.4 Å². The molecule has 1 rings (SSSR count). The van der Waals surface area contributed by atoms with Gasteiger partial charge in [0.05, 0.1) is 18.9 Å². The summed E-state index contributed by atoms with van der Waals surface area (Å²) in [5.74, 6) is 0. The van der Waals surface area contributed by atoms with Crippen molar-refractivity contribution in [1.29, 1.82) is 0 Å². The Bertz CT molecular complexity index is 421. The van der Waals surface area contributed by atoms with Crippen molar-refractivity contribution in [2.45, 2.75) is 6.92 Å². The van der Waals surface area contributed by atoms with Crippen LogP contribution in [-0.4, -0.2) is 30.1 Å². The van der Waals surface area contributed by atoms with E-state index in [1.54, 1.807) is 31.2 Å². The zero-order chi connectivity index (χ0) is 12.7. The Morgan fingerprint density at radius 2 is 2.35 bits per heavy atom. The van der Waals surface area contributed by atoms with Crippen LogP contribution in [0.2, 0.25) is 5.02 Å². The van der Waals surface area contributed by atoms with Crippen LogP contribution in [0, 0.1) is 0 Å². The van der Waals surface area contributed by atoms with Gasteiger partial charge in [-0.1, -0.05) is 23.7 Å². The van der Waals surface area contributed by atoms with Crippen LogP contribution >= 0.6 is 11.6 Å². The smallest absolute Gasteiger partial charge is 0.427 e. The molecule has 0 aliphatic rings. The van der Waals surface area contributed by atoms with Crippen molar-refractivity contribution in [2.75, 3.05) is 13.2 Å². The van der Waals surface area contributed by atoms with Gasteiger partial charge in [-0.2, -0.15) is 5.10 Å². The van der Waals surface area contributed by atoms with E-state index in [0.29, 0.717) is 16.3 Å². The van der Waals surface area contributed by atoms with Gasteiger partial charge in [-0.05, 0) is 19.1 Å². The molecule has 0 atom stereocenters. The fourth-order valence-corrected chi connectivity index (χ4v) is 1.33. The Morgan fingerprint density at radius 1 is 1.59 bits per heavy atom. The van der Waals surface area contributed by atoms with Gasteiger partial charge < -0.3 is 9.84 Å². The molecular weight excluding hydrogens is 244 g/mol. The number of rotatable bonds is 4. The van der Waals surface area contributed by atoms with Gasteiger partial charge in [0.2, 0.25) is 0 Å². The zero-order valence-electron chi connectivity index (χ0n) is 9.31. The van der Waals surface area contributed by atoms with E-state index < -0.39 is 6.09 Å². The molecule has 1 aromatic carbocycles.